The Balaban J connectivity index is 2.13. The molecule has 0 fully saturated rings. The van der Waals surface area contributed by atoms with Gasteiger partial charge in [-0.15, -0.1) is 0 Å². The van der Waals surface area contributed by atoms with Crippen LogP contribution in [-0.2, 0) is 19.4 Å². The second kappa shape index (κ2) is 9.67. The number of sulfone groups is 1. The second-order valence-corrected chi connectivity index (χ2v) is 9.31. The first-order valence-corrected chi connectivity index (χ1v) is 11.6. The Labute approximate surface area is 194 Å². The van der Waals surface area contributed by atoms with Gasteiger partial charge in [0, 0.05) is 5.70 Å². The Morgan fingerprint density at radius 3 is 2.61 bits per heavy atom. The fourth-order valence-electron chi connectivity index (χ4n) is 3.25. The molecule has 2 aromatic carbocycles. The number of benzene rings is 2. The summed E-state index contributed by atoms with van der Waals surface area (Å²) in [5.74, 6) is -2.52. The number of halogens is 2. The van der Waals surface area contributed by atoms with Crippen LogP contribution in [0.4, 0.5) is 9.18 Å². The zero-order valence-electron chi connectivity index (χ0n) is 17.5. The Hall–Kier alpha value is -3.31. The molecule has 0 bridgehead atoms. The molecule has 1 heterocycles. The van der Waals surface area contributed by atoms with Crippen LogP contribution in [0.25, 0.3) is 0 Å². The predicted octanol–water partition coefficient (Wildman–Crippen LogP) is 2.84. The van der Waals surface area contributed by atoms with Gasteiger partial charge in [-0.25, -0.2) is 22.4 Å². The third-order valence-corrected chi connectivity index (χ3v) is 6.70. The van der Waals surface area contributed by atoms with Crippen LogP contribution >= 0.6 is 11.6 Å². The first-order chi connectivity index (χ1) is 15.6. The summed E-state index contributed by atoms with van der Waals surface area (Å²) < 4.78 is 49.7. The SMILES string of the molecule is CCOC(=O)C1=C(CS(=O)(=O)c2ccc(F)c(Cl)c2)NC(=O)NC1c1ccc(O)c(OC)c1. The summed E-state index contributed by atoms with van der Waals surface area (Å²) in [6.45, 7) is 1.57. The number of urea groups is 1. The standard InChI is InChI=1S/C21H20ClFN2O7S/c1-3-32-20(27)18-15(10-33(29,30)12-5-6-14(23)13(22)9-12)24-21(28)25-19(18)11-4-7-16(26)17(8-11)31-2/h4-9,19,26H,3,10H2,1-2H3,(H2,24,25,28). The lowest BCUT2D eigenvalue weighted by Gasteiger charge is -2.29. The smallest absolute Gasteiger partial charge is 0.338 e. The van der Waals surface area contributed by atoms with Crippen molar-refractivity contribution in [2.45, 2.75) is 17.9 Å². The van der Waals surface area contributed by atoms with Crippen molar-refractivity contribution in [1.82, 2.24) is 10.6 Å². The molecular weight excluding hydrogens is 479 g/mol. The third-order valence-electron chi connectivity index (χ3n) is 4.77. The molecule has 0 radical (unpaired) electrons. The number of phenolic OH excluding ortho intramolecular Hbond substituents is 1. The average molecular weight is 499 g/mol. The number of hydrogen-bond acceptors (Lipinski definition) is 7. The summed E-state index contributed by atoms with van der Waals surface area (Å²) in [4.78, 5) is 24.9. The number of amides is 2. The number of ether oxygens (including phenoxy) is 2. The van der Waals surface area contributed by atoms with Crippen LogP contribution in [0.1, 0.15) is 18.5 Å². The van der Waals surface area contributed by atoms with Gasteiger partial charge >= 0.3 is 12.0 Å². The molecule has 0 aromatic heterocycles. The molecule has 3 N–H and O–H groups in total. The Bertz CT molecular complexity index is 1250. The summed E-state index contributed by atoms with van der Waals surface area (Å²) >= 11 is 5.71. The number of aromatic hydroxyl groups is 1. The van der Waals surface area contributed by atoms with E-state index in [2.05, 4.69) is 10.6 Å². The number of rotatable bonds is 7. The molecule has 0 aliphatic carbocycles. The first-order valence-electron chi connectivity index (χ1n) is 9.59. The van der Waals surface area contributed by atoms with E-state index >= 15 is 0 Å². The van der Waals surface area contributed by atoms with Crippen LogP contribution in [0.2, 0.25) is 5.02 Å². The molecule has 2 aromatic rings. The molecule has 0 saturated heterocycles. The van der Waals surface area contributed by atoms with Gasteiger partial charge < -0.3 is 25.2 Å². The fourth-order valence-corrected chi connectivity index (χ4v) is 4.84. The molecule has 1 unspecified atom stereocenters. The summed E-state index contributed by atoms with van der Waals surface area (Å²) in [6, 6.07) is 5.17. The normalized spacial score (nSPS) is 16.1. The zero-order valence-corrected chi connectivity index (χ0v) is 19.1. The lowest BCUT2D eigenvalue weighted by Crippen LogP contribution is -2.47. The third kappa shape index (κ3) is 5.20. The van der Waals surface area contributed by atoms with Gasteiger partial charge in [0.15, 0.2) is 21.3 Å². The largest absolute Gasteiger partial charge is 0.504 e. The van der Waals surface area contributed by atoms with Crippen LogP contribution in [0.5, 0.6) is 11.5 Å². The number of carbonyl (C=O) groups excluding carboxylic acids is 2. The van der Waals surface area contributed by atoms with Crippen molar-refractivity contribution in [3.8, 4) is 11.5 Å². The molecule has 2 amide bonds. The molecule has 0 saturated carbocycles. The van der Waals surface area contributed by atoms with Gasteiger partial charge in [-0.05, 0) is 42.8 Å². The summed E-state index contributed by atoms with van der Waals surface area (Å²) in [6.07, 6.45) is 0. The lowest BCUT2D eigenvalue weighted by atomic mass is 9.95. The Morgan fingerprint density at radius 2 is 1.97 bits per heavy atom. The van der Waals surface area contributed by atoms with Crippen molar-refractivity contribution in [2.24, 2.45) is 0 Å². The van der Waals surface area contributed by atoms with Crippen LogP contribution in [0, 0.1) is 5.82 Å². The first kappa shape index (κ1) is 24.3. The van der Waals surface area contributed by atoms with E-state index in [1.807, 2.05) is 0 Å². The number of methoxy groups -OCH3 is 1. The topological polar surface area (TPSA) is 131 Å². The highest BCUT2D eigenvalue weighted by molar-refractivity contribution is 7.91. The fraction of sp³-hybridized carbons (Fsp3) is 0.238. The number of phenols is 1. The monoisotopic (exact) mass is 498 g/mol. The molecule has 1 atom stereocenters. The van der Waals surface area contributed by atoms with Crippen LogP contribution in [-0.4, -0.2) is 45.0 Å². The van der Waals surface area contributed by atoms with E-state index in [0.717, 1.165) is 18.2 Å². The van der Waals surface area contributed by atoms with Gasteiger partial charge in [-0.3, -0.25) is 0 Å². The Kier molecular flexibility index (Phi) is 7.13. The molecule has 33 heavy (non-hydrogen) atoms. The molecule has 176 valence electrons. The zero-order chi connectivity index (χ0) is 24.3. The second-order valence-electron chi connectivity index (χ2n) is 6.91. The van der Waals surface area contributed by atoms with E-state index in [1.54, 1.807) is 6.92 Å². The van der Waals surface area contributed by atoms with Crippen molar-refractivity contribution >= 4 is 33.4 Å². The van der Waals surface area contributed by atoms with Crippen molar-refractivity contribution < 1.29 is 37.0 Å². The predicted molar refractivity (Wildman–Crippen MR) is 116 cm³/mol. The van der Waals surface area contributed by atoms with Crippen molar-refractivity contribution in [1.29, 1.82) is 0 Å². The van der Waals surface area contributed by atoms with E-state index in [0.29, 0.717) is 5.56 Å². The van der Waals surface area contributed by atoms with Gasteiger partial charge in [-0.1, -0.05) is 17.7 Å². The number of carbonyl (C=O) groups is 2. The maximum Gasteiger partial charge on any atom is 0.338 e. The summed E-state index contributed by atoms with van der Waals surface area (Å²) in [5.41, 5.74) is -0.0297. The number of hydrogen-bond donors (Lipinski definition) is 3. The minimum Gasteiger partial charge on any atom is -0.504 e. The molecule has 0 spiro atoms. The molecule has 1 aliphatic heterocycles. The minimum atomic E-state index is -4.15. The molecular formula is C21H20ClFN2O7S. The van der Waals surface area contributed by atoms with Gasteiger partial charge in [0.2, 0.25) is 0 Å². The van der Waals surface area contributed by atoms with Gasteiger partial charge in [-0.2, -0.15) is 0 Å². The highest BCUT2D eigenvalue weighted by Crippen LogP contribution is 2.34. The van der Waals surface area contributed by atoms with E-state index in [4.69, 9.17) is 21.1 Å². The summed E-state index contributed by atoms with van der Waals surface area (Å²) in [7, 11) is -2.83. The molecule has 9 nitrogen and oxygen atoms in total. The highest BCUT2D eigenvalue weighted by Gasteiger charge is 2.36. The van der Waals surface area contributed by atoms with Crippen molar-refractivity contribution in [2.75, 3.05) is 19.5 Å². The maximum absolute atomic E-state index is 13.5. The van der Waals surface area contributed by atoms with E-state index < -0.39 is 39.4 Å². The van der Waals surface area contributed by atoms with Crippen LogP contribution < -0.4 is 15.4 Å². The molecule has 12 heteroatoms. The van der Waals surface area contributed by atoms with Crippen LogP contribution in [0.3, 0.4) is 0 Å². The highest BCUT2D eigenvalue weighted by atomic mass is 35.5. The van der Waals surface area contributed by atoms with Crippen molar-refractivity contribution in [3.05, 3.63) is 64.1 Å². The van der Waals surface area contributed by atoms with Gasteiger partial charge in [0.1, 0.15) is 5.82 Å². The Morgan fingerprint density at radius 1 is 1.24 bits per heavy atom. The maximum atomic E-state index is 13.5. The average Bonchev–Trinajstić information content (AvgIpc) is 2.75. The lowest BCUT2D eigenvalue weighted by molar-refractivity contribution is -0.139. The summed E-state index contributed by atoms with van der Waals surface area (Å²) in [5, 5.41) is 14.4. The van der Waals surface area contributed by atoms with E-state index in [1.165, 1.54) is 25.3 Å². The quantitative estimate of drug-likeness (QED) is 0.395. The molecule has 1 aliphatic rings. The number of esters is 1. The van der Waals surface area contributed by atoms with Crippen molar-refractivity contribution in [3.63, 3.8) is 0 Å². The minimum absolute atomic E-state index is 0.00447. The van der Waals surface area contributed by atoms with Gasteiger partial charge in [0.25, 0.3) is 0 Å². The van der Waals surface area contributed by atoms with Crippen LogP contribution in [0.15, 0.2) is 52.6 Å². The van der Waals surface area contributed by atoms with Gasteiger partial charge in [0.05, 0.1) is 41.0 Å². The van der Waals surface area contributed by atoms with E-state index in [9.17, 15) is 27.5 Å². The molecule has 3 rings (SSSR count). The van der Waals surface area contributed by atoms with E-state index in [-0.39, 0.29) is 39.3 Å². The number of nitrogens with one attached hydrogen (secondary N) is 2.